The maximum Gasteiger partial charge on any atom is 0.426 e. The van der Waals surface area contributed by atoms with E-state index in [1.807, 2.05) is 19.1 Å². The highest BCUT2D eigenvalue weighted by molar-refractivity contribution is 5.87. The number of hydrogen-bond donors (Lipinski definition) is 2. The van der Waals surface area contributed by atoms with Gasteiger partial charge in [0.05, 0.1) is 25.9 Å². The molecule has 0 fully saturated rings. The van der Waals surface area contributed by atoms with Crippen molar-refractivity contribution >= 4 is 23.4 Å². The highest BCUT2D eigenvalue weighted by Crippen LogP contribution is 2.37. The fourth-order valence-electron chi connectivity index (χ4n) is 3.97. The number of hydrogen-bond acceptors (Lipinski definition) is 7. The first-order valence-electron chi connectivity index (χ1n) is 13.7. The lowest BCUT2D eigenvalue weighted by Gasteiger charge is -2.20. The molecule has 4 N–H and O–H groups in total. The molecule has 0 aliphatic heterocycles. The maximum atomic E-state index is 14.9. The minimum atomic E-state index is -3.60. The van der Waals surface area contributed by atoms with Crippen LogP contribution in [0.2, 0.25) is 0 Å². The zero-order valence-corrected chi connectivity index (χ0v) is 23.5. The van der Waals surface area contributed by atoms with Crippen molar-refractivity contribution in [2.75, 3.05) is 31.8 Å². The van der Waals surface area contributed by atoms with E-state index in [1.165, 1.54) is 43.5 Å². The molecule has 0 unspecified atom stereocenters. The Hall–Kier alpha value is -4.27. The lowest BCUT2D eigenvalue weighted by Crippen LogP contribution is -2.22. The van der Waals surface area contributed by atoms with Crippen LogP contribution in [-0.2, 0) is 22.1 Å². The molecular formula is C32H38F2N2O5. The molecule has 0 aliphatic carbocycles. The summed E-state index contributed by atoms with van der Waals surface area (Å²) in [5, 5.41) is 0. The normalized spacial score (nSPS) is 11.4. The zero-order chi connectivity index (χ0) is 29.7. The molecule has 0 saturated heterocycles. The molecule has 0 radical (unpaired) electrons. The molecule has 0 aromatic heterocycles. The van der Waals surface area contributed by atoms with Gasteiger partial charge in [-0.3, -0.25) is 0 Å². The van der Waals surface area contributed by atoms with Crippen molar-refractivity contribution in [1.82, 2.24) is 0 Å². The number of benzene rings is 3. The summed E-state index contributed by atoms with van der Waals surface area (Å²) >= 11 is 0. The van der Waals surface area contributed by atoms with Crippen molar-refractivity contribution < 1.29 is 32.5 Å². The molecule has 0 saturated carbocycles. The summed E-state index contributed by atoms with van der Waals surface area (Å²) in [5.41, 5.74) is 14.3. The molecule has 0 amide bonds. The topological polar surface area (TPSA) is 106 Å². The number of nitrogens with two attached hydrogens (primary N) is 2. The van der Waals surface area contributed by atoms with Crippen molar-refractivity contribution in [3.05, 3.63) is 83.4 Å². The fourth-order valence-corrected chi connectivity index (χ4v) is 3.97. The average Bonchev–Trinajstić information content (AvgIpc) is 2.95. The van der Waals surface area contributed by atoms with Crippen LogP contribution in [0.15, 0.2) is 66.7 Å². The Labute approximate surface area is 240 Å². The van der Waals surface area contributed by atoms with E-state index in [-0.39, 0.29) is 17.1 Å². The van der Waals surface area contributed by atoms with E-state index in [4.69, 9.17) is 30.4 Å². The van der Waals surface area contributed by atoms with E-state index in [0.29, 0.717) is 35.9 Å². The molecule has 3 aromatic carbocycles. The summed E-state index contributed by atoms with van der Waals surface area (Å²) < 4.78 is 50.8. The Kier molecular flexibility index (Phi) is 11.8. The summed E-state index contributed by atoms with van der Waals surface area (Å²) in [6.07, 6.45) is 4.42. The summed E-state index contributed by atoms with van der Waals surface area (Å²) in [6.45, 7) is 2.81. The number of nitrogen functional groups attached to an aromatic ring is 2. The number of alkyl halides is 2. The van der Waals surface area contributed by atoms with Crippen molar-refractivity contribution in [1.29, 1.82) is 0 Å². The Bertz CT molecular complexity index is 1300. The van der Waals surface area contributed by atoms with E-state index >= 15 is 0 Å². The molecular weight excluding hydrogens is 530 g/mol. The van der Waals surface area contributed by atoms with E-state index in [9.17, 15) is 13.6 Å². The molecule has 0 spiro atoms. The van der Waals surface area contributed by atoms with Gasteiger partial charge in [0.25, 0.3) is 0 Å². The standard InChI is InChI=1S/C32H38F2N2O5/c1-3-4-19-39-29-17-13-25(21-30(29)38-2)32(33,34)41-27-15-9-23(10-16-27)11-18-31(37)40-20-7-5-6-8-24-12-14-26(35)22-28(24)36/h9-18,21-22H,3-8,19-20,35-36H2,1-2H3/b18-11+. The second-order valence-corrected chi connectivity index (χ2v) is 9.53. The predicted molar refractivity (Wildman–Crippen MR) is 157 cm³/mol. The number of carbonyl (C=O) groups is 1. The SMILES string of the molecule is CCCCOc1ccc(C(F)(F)Oc2ccc(/C=C/C(=O)OCCCCCc3ccc(N)cc3N)cc2)cc1OC. The Balaban J connectivity index is 1.43. The van der Waals surface area contributed by atoms with Gasteiger partial charge in [-0.1, -0.05) is 31.5 Å². The molecule has 7 nitrogen and oxygen atoms in total. The van der Waals surface area contributed by atoms with Crippen molar-refractivity contribution in [3.8, 4) is 17.2 Å². The first-order chi connectivity index (χ1) is 19.7. The smallest absolute Gasteiger partial charge is 0.426 e. The quantitative estimate of drug-likeness (QED) is 0.0819. The Morgan fingerprint density at radius 1 is 0.902 bits per heavy atom. The molecule has 41 heavy (non-hydrogen) atoms. The van der Waals surface area contributed by atoms with Crippen LogP contribution in [0, 0.1) is 0 Å². The van der Waals surface area contributed by atoms with Crippen molar-refractivity contribution in [2.24, 2.45) is 0 Å². The number of ether oxygens (including phenoxy) is 4. The van der Waals surface area contributed by atoms with Crippen LogP contribution in [0.3, 0.4) is 0 Å². The fraction of sp³-hybridized carbons (Fsp3) is 0.344. The third kappa shape index (κ3) is 10.0. The van der Waals surface area contributed by atoms with E-state index in [2.05, 4.69) is 0 Å². The van der Waals surface area contributed by atoms with Gasteiger partial charge in [-0.15, -0.1) is 0 Å². The van der Waals surface area contributed by atoms with Gasteiger partial charge in [0.15, 0.2) is 11.5 Å². The minimum absolute atomic E-state index is 0.0299. The van der Waals surface area contributed by atoms with Gasteiger partial charge in [-0.2, -0.15) is 8.78 Å². The predicted octanol–water partition coefficient (Wildman–Crippen LogP) is 7.14. The number of esters is 1. The maximum absolute atomic E-state index is 14.9. The third-order valence-corrected chi connectivity index (χ3v) is 6.30. The van der Waals surface area contributed by atoms with Gasteiger partial charge in [-0.05, 0) is 91.8 Å². The average molecular weight is 569 g/mol. The number of unbranched alkanes of at least 4 members (excludes halogenated alkanes) is 3. The molecule has 3 aromatic rings. The summed E-state index contributed by atoms with van der Waals surface area (Å²) in [4.78, 5) is 12.0. The van der Waals surface area contributed by atoms with Crippen LogP contribution in [0.1, 0.15) is 55.7 Å². The molecule has 0 bridgehead atoms. The first kappa shape index (κ1) is 31.3. The van der Waals surface area contributed by atoms with Crippen LogP contribution in [0.25, 0.3) is 6.08 Å². The molecule has 9 heteroatoms. The molecule has 220 valence electrons. The van der Waals surface area contributed by atoms with Gasteiger partial charge < -0.3 is 30.4 Å². The number of aryl methyl sites for hydroxylation is 1. The number of anilines is 2. The first-order valence-corrected chi connectivity index (χ1v) is 13.7. The lowest BCUT2D eigenvalue weighted by molar-refractivity contribution is -0.185. The second kappa shape index (κ2) is 15.5. The number of methoxy groups -OCH3 is 1. The van der Waals surface area contributed by atoms with Crippen LogP contribution in [0.5, 0.6) is 17.2 Å². The van der Waals surface area contributed by atoms with Crippen LogP contribution in [0.4, 0.5) is 20.2 Å². The van der Waals surface area contributed by atoms with Gasteiger partial charge in [0.1, 0.15) is 5.75 Å². The Morgan fingerprint density at radius 2 is 1.68 bits per heavy atom. The lowest BCUT2D eigenvalue weighted by atomic mass is 10.0. The zero-order valence-electron chi connectivity index (χ0n) is 23.5. The van der Waals surface area contributed by atoms with Crippen molar-refractivity contribution in [3.63, 3.8) is 0 Å². The largest absolute Gasteiger partial charge is 0.493 e. The van der Waals surface area contributed by atoms with Gasteiger partial charge in [0.2, 0.25) is 0 Å². The molecule has 0 heterocycles. The van der Waals surface area contributed by atoms with E-state index in [0.717, 1.165) is 44.1 Å². The van der Waals surface area contributed by atoms with Gasteiger partial charge in [-0.25, -0.2) is 4.79 Å². The summed E-state index contributed by atoms with van der Waals surface area (Å²) in [6, 6.07) is 15.4. The second-order valence-electron chi connectivity index (χ2n) is 9.53. The van der Waals surface area contributed by atoms with E-state index < -0.39 is 12.1 Å². The number of rotatable bonds is 16. The van der Waals surface area contributed by atoms with Crippen molar-refractivity contribution in [2.45, 2.75) is 51.6 Å². The number of halogens is 2. The van der Waals surface area contributed by atoms with Crippen LogP contribution >= 0.6 is 0 Å². The number of carbonyl (C=O) groups excluding carboxylic acids is 1. The van der Waals surface area contributed by atoms with Gasteiger partial charge in [0, 0.05) is 17.5 Å². The van der Waals surface area contributed by atoms with Crippen LogP contribution in [-0.4, -0.2) is 26.3 Å². The summed E-state index contributed by atoms with van der Waals surface area (Å²) in [5.74, 6) is 0.0983. The summed E-state index contributed by atoms with van der Waals surface area (Å²) in [7, 11) is 1.40. The monoisotopic (exact) mass is 568 g/mol. The highest BCUT2D eigenvalue weighted by atomic mass is 19.3. The molecule has 3 rings (SSSR count). The highest BCUT2D eigenvalue weighted by Gasteiger charge is 2.35. The Morgan fingerprint density at radius 3 is 2.39 bits per heavy atom. The van der Waals surface area contributed by atoms with Crippen LogP contribution < -0.4 is 25.7 Å². The third-order valence-electron chi connectivity index (χ3n) is 6.30. The minimum Gasteiger partial charge on any atom is -0.493 e. The van der Waals surface area contributed by atoms with Gasteiger partial charge >= 0.3 is 12.1 Å². The molecule has 0 aliphatic rings. The van der Waals surface area contributed by atoms with E-state index in [1.54, 1.807) is 24.3 Å². The molecule has 0 atom stereocenters.